The number of anilines is 1. The quantitative estimate of drug-likeness (QED) is 0.601. The predicted octanol–water partition coefficient (Wildman–Crippen LogP) is 2.43. The van der Waals surface area contributed by atoms with Crippen molar-refractivity contribution in [1.82, 2.24) is 4.90 Å². The fourth-order valence-electron chi connectivity index (χ4n) is 3.75. The molecule has 9 nitrogen and oxygen atoms in total. The van der Waals surface area contributed by atoms with Gasteiger partial charge in [0.25, 0.3) is 11.8 Å². The number of amides is 3. The Morgan fingerprint density at radius 3 is 2.41 bits per heavy atom. The van der Waals surface area contributed by atoms with Crippen molar-refractivity contribution in [2.45, 2.75) is 19.9 Å². The van der Waals surface area contributed by atoms with Crippen LogP contribution in [0.5, 0.6) is 11.5 Å². The molecule has 0 bridgehead atoms. The van der Waals surface area contributed by atoms with Crippen LogP contribution in [0.1, 0.15) is 46.2 Å². The van der Waals surface area contributed by atoms with Crippen LogP contribution in [0, 0.1) is 0 Å². The average Bonchev–Trinajstić information content (AvgIpc) is 2.96. The number of nitrogens with one attached hydrogen (secondary N) is 1. The van der Waals surface area contributed by atoms with Crippen LogP contribution < -0.4 is 14.8 Å². The molecular weight excluding hydrogens is 436 g/mol. The second kappa shape index (κ2) is 8.99. The Balaban J connectivity index is 2.18. The second-order valence-corrected chi connectivity index (χ2v) is 9.49. The Bertz CT molecular complexity index is 1190. The van der Waals surface area contributed by atoms with Crippen LogP contribution in [0.15, 0.2) is 36.4 Å². The van der Waals surface area contributed by atoms with E-state index in [1.165, 1.54) is 26.2 Å². The first-order chi connectivity index (χ1) is 15.1. The van der Waals surface area contributed by atoms with Gasteiger partial charge in [0.1, 0.15) is 9.84 Å². The molecule has 170 valence electrons. The summed E-state index contributed by atoms with van der Waals surface area (Å²) in [6.07, 6.45) is 1.03. The molecule has 1 aliphatic heterocycles. The maximum absolute atomic E-state index is 13.4. The fraction of sp³-hybridized carbons (Fsp3) is 0.318. The molecule has 0 aliphatic carbocycles. The number of carbonyl (C=O) groups is 3. The van der Waals surface area contributed by atoms with E-state index in [-0.39, 0.29) is 22.6 Å². The Labute approximate surface area is 186 Å². The first-order valence-corrected chi connectivity index (χ1v) is 11.9. The number of sulfone groups is 1. The van der Waals surface area contributed by atoms with Gasteiger partial charge < -0.3 is 14.8 Å². The monoisotopic (exact) mass is 460 g/mol. The number of fused-ring (bicyclic) bond motifs is 1. The van der Waals surface area contributed by atoms with Crippen LogP contribution in [0.2, 0.25) is 0 Å². The molecule has 0 saturated carbocycles. The highest BCUT2D eigenvalue weighted by Crippen LogP contribution is 2.41. The van der Waals surface area contributed by atoms with Gasteiger partial charge in [0, 0.05) is 18.7 Å². The van der Waals surface area contributed by atoms with Crippen molar-refractivity contribution in [3.05, 3.63) is 53.1 Å². The molecule has 3 rings (SSSR count). The van der Waals surface area contributed by atoms with Crippen LogP contribution in [0.4, 0.5) is 5.69 Å². The molecular formula is C22H24N2O7S. The van der Waals surface area contributed by atoms with Gasteiger partial charge in [-0.15, -0.1) is 0 Å². The molecule has 2 aromatic rings. The van der Waals surface area contributed by atoms with Gasteiger partial charge in [-0.2, -0.15) is 0 Å². The number of hydrogen-bond donors (Lipinski definition) is 1. The third-order valence-corrected chi connectivity index (χ3v) is 5.82. The summed E-state index contributed by atoms with van der Waals surface area (Å²) in [4.78, 5) is 39.2. The molecule has 3 amide bonds. The van der Waals surface area contributed by atoms with Gasteiger partial charge in [0.2, 0.25) is 5.91 Å². The van der Waals surface area contributed by atoms with Crippen molar-refractivity contribution in [3.8, 4) is 11.5 Å². The van der Waals surface area contributed by atoms with E-state index in [2.05, 4.69) is 5.32 Å². The topological polar surface area (TPSA) is 119 Å². The summed E-state index contributed by atoms with van der Waals surface area (Å²) < 4.78 is 35.7. The number of rotatable bonds is 8. The zero-order chi connectivity index (χ0) is 23.6. The SMILES string of the molecule is CCOc1cccc(C(CS(C)(=O)=O)N2C(=O)c3cccc(NC(C)=O)c3C2=O)c1OC. The molecule has 0 fully saturated rings. The molecule has 1 aliphatic rings. The number of para-hydroxylation sites is 1. The van der Waals surface area contributed by atoms with E-state index in [0.717, 1.165) is 11.2 Å². The van der Waals surface area contributed by atoms with Gasteiger partial charge in [0.15, 0.2) is 11.5 Å². The summed E-state index contributed by atoms with van der Waals surface area (Å²) >= 11 is 0. The molecule has 1 heterocycles. The van der Waals surface area contributed by atoms with Gasteiger partial charge in [-0.25, -0.2) is 8.42 Å². The second-order valence-electron chi connectivity index (χ2n) is 7.31. The highest BCUT2D eigenvalue weighted by atomic mass is 32.2. The molecule has 0 spiro atoms. The Kier molecular flexibility index (Phi) is 6.54. The largest absolute Gasteiger partial charge is 0.492 e. The fourth-order valence-corrected chi connectivity index (χ4v) is 4.66. The van der Waals surface area contributed by atoms with E-state index in [9.17, 15) is 22.8 Å². The van der Waals surface area contributed by atoms with E-state index >= 15 is 0 Å². The number of carbonyl (C=O) groups excluding carboxylic acids is 3. The summed E-state index contributed by atoms with van der Waals surface area (Å²) in [5.41, 5.74) is 0.606. The van der Waals surface area contributed by atoms with Gasteiger partial charge in [0.05, 0.1) is 42.3 Å². The lowest BCUT2D eigenvalue weighted by molar-refractivity contribution is -0.114. The van der Waals surface area contributed by atoms with E-state index in [4.69, 9.17) is 9.47 Å². The van der Waals surface area contributed by atoms with Crippen molar-refractivity contribution in [2.75, 3.05) is 31.0 Å². The highest BCUT2D eigenvalue weighted by molar-refractivity contribution is 7.90. The van der Waals surface area contributed by atoms with Gasteiger partial charge in [-0.1, -0.05) is 18.2 Å². The van der Waals surface area contributed by atoms with Crippen molar-refractivity contribution in [1.29, 1.82) is 0 Å². The molecule has 1 N–H and O–H groups in total. The van der Waals surface area contributed by atoms with Crippen LogP contribution in [0.25, 0.3) is 0 Å². The average molecular weight is 461 g/mol. The predicted molar refractivity (Wildman–Crippen MR) is 118 cm³/mol. The van der Waals surface area contributed by atoms with Crippen LogP contribution in [-0.2, 0) is 14.6 Å². The Hall–Kier alpha value is -3.40. The molecule has 1 atom stereocenters. The summed E-state index contributed by atoms with van der Waals surface area (Å²) in [5, 5.41) is 2.55. The van der Waals surface area contributed by atoms with Crippen molar-refractivity contribution < 1.29 is 32.3 Å². The third kappa shape index (κ3) is 4.45. The summed E-state index contributed by atoms with van der Waals surface area (Å²) in [6.45, 7) is 3.41. The lowest BCUT2D eigenvalue weighted by atomic mass is 10.0. The van der Waals surface area contributed by atoms with E-state index < -0.39 is 39.4 Å². The van der Waals surface area contributed by atoms with Crippen molar-refractivity contribution in [3.63, 3.8) is 0 Å². The maximum Gasteiger partial charge on any atom is 0.264 e. The minimum absolute atomic E-state index is 0.0196. The highest BCUT2D eigenvalue weighted by Gasteiger charge is 2.44. The zero-order valence-corrected chi connectivity index (χ0v) is 19.0. The molecule has 0 aromatic heterocycles. The number of imide groups is 1. The van der Waals surface area contributed by atoms with Crippen molar-refractivity contribution >= 4 is 33.2 Å². The van der Waals surface area contributed by atoms with E-state index in [1.54, 1.807) is 31.2 Å². The lowest BCUT2D eigenvalue weighted by Gasteiger charge is -2.28. The van der Waals surface area contributed by atoms with Gasteiger partial charge in [-0.3, -0.25) is 19.3 Å². The van der Waals surface area contributed by atoms with Gasteiger partial charge >= 0.3 is 0 Å². The molecule has 2 aromatic carbocycles. The molecule has 32 heavy (non-hydrogen) atoms. The first kappa shape index (κ1) is 23.3. The molecule has 10 heteroatoms. The Morgan fingerprint density at radius 2 is 1.81 bits per heavy atom. The van der Waals surface area contributed by atoms with Crippen LogP contribution >= 0.6 is 0 Å². The summed E-state index contributed by atoms with van der Waals surface area (Å²) in [7, 11) is -2.24. The lowest BCUT2D eigenvalue weighted by Crippen LogP contribution is -2.38. The summed E-state index contributed by atoms with van der Waals surface area (Å²) in [5.74, 6) is -1.68. The molecule has 1 unspecified atom stereocenters. The Morgan fingerprint density at radius 1 is 1.12 bits per heavy atom. The number of hydrogen-bond acceptors (Lipinski definition) is 7. The van der Waals surface area contributed by atoms with Crippen molar-refractivity contribution in [2.24, 2.45) is 0 Å². The number of methoxy groups -OCH3 is 1. The summed E-state index contributed by atoms with van der Waals surface area (Å²) in [6, 6.07) is 8.23. The number of ether oxygens (including phenoxy) is 2. The van der Waals surface area contributed by atoms with E-state index in [1.807, 2.05) is 0 Å². The first-order valence-electron chi connectivity index (χ1n) is 9.85. The van der Waals surface area contributed by atoms with Gasteiger partial charge in [-0.05, 0) is 25.1 Å². The number of nitrogens with zero attached hydrogens (tertiary/aromatic N) is 1. The molecule has 0 saturated heterocycles. The third-order valence-electron chi connectivity index (χ3n) is 4.90. The van der Waals surface area contributed by atoms with Crippen LogP contribution in [0.3, 0.4) is 0 Å². The standard InChI is InChI=1S/C22H24N2O7S/c1-5-31-18-11-7-8-14(20(18)30-3)17(12-32(4,28)29)24-21(26)15-9-6-10-16(23-13(2)25)19(15)22(24)27/h6-11,17H,5,12H2,1-4H3,(H,23,25). The van der Waals surface area contributed by atoms with Crippen LogP contribution in [-0.4, -0.2) is 56.8 Å². The molecule has 0 radical (unpaired) electrons. The number of benzene rings is 2. The normalized spacial score (nSPS) is 14.2. The van der Waals surface area contributed by atoms with E-state index in [0.29, 0.717) is 17.9 Å². The minimum Gasteiger partial charge on any atom is -0.492 e. The minimum atomic E-state index is -3.63. The maximum atomic E-state index is 13.4. The smallest absolute Gasteiger partial charge is 0.264 e. The zero-order valence-electron chi connectivity index (χ0n) is 18.2.